The van der Waals surface area contributed by atoms with Crippen molar-refractivity contribution < 1.29 is 14.3 Å². The van der Waals surface area contributed by atoms with Gasteiger partial charge in [-0.1, -0.05) is 84.9 Å². The first kappa shape index (κ1) is 18.5. The van der Waals surface area contributed by atoms with E-state index in [2.05, 4.69) is 36.4 Å². The highest BCUT2D eigenvalue weighted by molar-refractivity contribution is 5.95. The molecule has 29 heavy (non-hydrogen) atoms. The average Bonchev–Trinajstić information content (AvgIpc) is 3.19. The van der Waals surface area contributed by atoms with Crippen LogP contribution in [0.5, 0.6) is 0 Å². The second-order valence-corrected chi connectivity index (χ2v) is 6.72. The minimum Gasteiger partial charge on any atom is -0.478 e. The molecule has 0 saturated carbocycles. The molecule has 0 bridgehead atoms. The number of furan rings is 1. The van der Waals surface area contributed by atoms with Gasteiger partial charge in [0, 0.05) is 17.0 Å². The molecule has 0 aliphatic heterocycles. The third kappa shape index (κ3) is 4.19. The monoisotopic (exact) mass is 380 g/mol. The summed E-state index contributed by atoms with van der Waals surface area (Å²) in [6.45, 7) is 0. The molecule has 3 nitrogen and oxygen atoms in total. The summed E-state index contributed by atoms with van der Waals surface area (Å²) in [6, 6.07) is 24.1. The van der Waals surface area contributed by atoms with E-state index >= 15 is 0 Å². The van der Waals surface area contributed by atoms with Gasteiger partial charge in [0.2, 0.25) is 0 Å². The highest BCUT2D eigenvalue weighted by Crippen LogP contribution is 2.32. The molecular formula is C26H20O3. The Kier molecular flexibility index (Phi) is 5.39. The highest BCUT2D eigenvalue weighted by Gasteiger charge is 2.10. The van der Waals surface area contributed by atoms with Crippen LogP contribution in [0, 0.1) is 0 Å². The van der Waals surface area contributed by atoms with Gasteiger partial charge in [-0.2, -0.15) is 0 Å². The van der Waals surface area contributed by atoms with Crippen molar-refractivity contribution in [2.24, 2.45) is 0 Å². The van der Waals surface area contributed by atoms with Crippen molar-refractivity contribution in [3.05, 3.63) is 108 Å². The molecule has 0 unspecified atom stereocenters. The number of carboxylic acids is 1. The number of hydrogen-bond acceptors (Lipinski definition) is 2. The molecule has 0 aliphatic carbocycles. The lowest BCUT2D eigenvalue weighted by molar-refractivity contribution is -0.131. The number of benzene rings is 3. The van der Waals surface area contributed by atoms with Crippen molar-refractivity contribution in [3.63, 3.8) is 0 Å². The van der Waals surface area contributed by atoms with Gasteiger partial charge in [0.1, 0.15) is 5.58 Å². The van der Waals surface area contributed by atoms with Crippen LogP contribution in [0.1, 0.15) is 16.7 Å². The summed E-state index contributed by atoms with van der Waals surface area (Å²) in [6.07, 6.45) is 9.40. The Morgan fingerprint density at radius 2 is 1.59 bits per heavy atom. The Labute approximate surface area is 169 Å². The summed E-state index contributed by atoms with van der Waals surface area (Å²) in [7, 11) is 0. The first-order valence-corrected chi connectivity index (χ1v) is 9.43. The first-order chi connectivity index (χ1) is 14.2. The summed E-state index contributed by atoms with van der Waals surface area (Å²) in [5.74, 6) is -0.956. The normalized spacial score (nSPS) is 11.6. The molecule has 0 aliphatic rings. The molecule has 0 fully saturated rings. The fourth-order valence-corrected chi connectivity index (χ4v) is 3.41. The van der Waals surface area contributed by atoms with E-state index < -0.39 is 5.97 Å². The maximum Gasteiger partial charge on any atom is 0.328 e. The molecule has 0 amide bonds. The van der Waals surface area contributed by atoms with Crippen LogP contribution in [0.25, 0.3) is 34.2 Å². The Morgan fingerprint density at radius 3 is 2.34 bits per heavy atom. The van der Waals surface area contributed by atoms with Crippen LogP contribution in [-0.2, 0) is 11.2 Å². The van der Waals surface area contributed by atoms with Gasteiger partial charge < -0.3 is 9.52 Å². The van der Waals surface area contributed by atoms with E-state index in [1.54, 1.807) is 6.08 Å². The third-order valence-corrected chi connectivity index (χ3v) is 4.80. The van der Waals surface area contributed by atoms with E-state index in [0.29, 0.717) is 0 Å². The lowest BCUT2D eigenvalue weighted by Crippen LogP contribution is -1.87. The van der Waals surface area contributed by atoms with Crippen LogP contribution in [0.3, 0.4) is 0 Å². The Hall–Kier alpha value is -3.85. The van der Waals surface area contributed by atoms with Gasteiger partial charge in [-0.3, -0.25) is 0 Å². The summed E-state index contributed by atoms with van der Waals surface area (Å²) in [5, 5.41) is 9.96. The number of aliphatic carboxylic acids is 1. The molecule has 0 saturated heterocycles. The second kappa shape index (κ2) is 8.44. The molecule has 0 spiro atoms. The van der Waals surface area contributed by atoms with Gasteiger partial charge >= 0.3 is 5.97 Å². The van der Waals surface area contributed by atoms with Crippen LogP contribution in [0.4, 0.5) is 0 Å². The van der Waals surface area contributed by atoms with Crippen molar-refractivity contribution in [1.29, 1.82) is 0 Å². The summed E-state index contributed by atoms with van der Waals surface area (Å²) >= 11 is 0. The maximum atomic E-state index is 10.8. The van der Waals surface area contributed by atoms with Crippen LogP contribution < -0.4 is 0 Å². The van der Waals surface area contributed by atoms with Crippen molar-refractivity contribution >= 4 is 29.1 Å². The largest absolute Gasteiger partial charge is 0.478 e. The molecular weight excluding hydrogens is 360 g/mol. The average molecular weight is 380 g/mol. The Balaban J connectivity index is 1.60. The lowest BCUT2D eigenvalue weighted by Gasteiger charge is -2.02. The number of rotatable bonds is 6. The molecule has 3 heteroatoms. The zero-order valence-corrected chi connectivity index (χ0v) is 15.8. The van der Waals surface area contributed by atoms with Crippen LogP contribution >= 0.6 is 0 Å². The number of carbonyl (C=O) groups is 1. The number of allylic oxidation sites excluding steroid dienone is 1. The minimum absolute atomic E-state index is 0.718. The van der Waals surface area contributed by atoms with Gasteiger partial charge in [-0.15, -0.1) is 0 Å². The zero-order chi connectivity index (χ0) is 20.1. The fourth-order valence-electron chi connectivity index (χ4n) is 3.41. The van der Waals surface area contributed by atoms with Gasteiger partial charge in [0.05, 0.1) is 6.26 Å². The second-order valence-electron chi connectivity index (χ2n) is 6.72. The van der Waals surface area contributed by atoms with Gasteiger partial charge in [0.15, 0.2) is 0 Å². The van der Waals surface area contributed by atoms with Gasteiger partial charge in [0.25, 0.3) is 0 Å². The molecule has 0 radical (unpaired) electrons. The number of fused-ring (bicyclic) bond motifs is 1. The predicted octanol–water partition coefficient (Wildman–Crippen LogP) is 6.45. The molecule has 1 heterocycles. The van der Waals surface area contributed by atoms with Crippen LogP contribution in [-0.4, -0.2) is 11.1 Å². The van der Waals surface area contributed by atoms with E-state index in [9.17, 15) is 4.79 Å². The Morgan fingerprint density at radius 1 is 0.862 bits per heavy atom. The molecule has 0 atom stereocenters. The number of para-hydroxylation sites is 1. The van der Waals surface area contributed by atoms with Gasteiger partial charge in [-0.25, -0.2) is 4.79 Å². The fraction of sp³-hybridized carbons (Fsp3) is 0.0385. The maximum absolute atomic E-state index is 10.8. The quantitative estimate of drug-likeness (QED) is 0.391. The number of carboxylic acid groups (broad SMARTS) is 1. The summed E-state index contributed by atoms with van der Waals surface area (Å²) in [4.78, 5) is 10.8. The van der Waals surface area contributed by atoms with Crippen molar-refractivity contribution in [2.75, 3.05) is 0 Å². The standard InChI is InChI=1S/C26H20O3/c27-25(28)17-16-20-9-5-4-8-19(20)12-6-13-22-14-7-15-23-24(18-29-26(22)23)21-10-2-1-3-11-21/h1-12,14-18H,13H2,(H,27,28). The minimum atomic E-state index is -0.956. The van der Waals surface area contributed by atoms with E-state index in [1.165, 1.54) is 0 Å². The van der Waals surface area contributed by atoms with Crippen molar-refractivity contribution in [2.45, 2.75) is 6.42 Å². The van der Waals surface area contributed by atoms with Gasteiger partial charge in [-0.05, 0) is 34.8 Å². The predicted molar refractivity (Wildman–Crippen MR) is 117 cm³/mol. The number of hydrogen-bond donors (Lipinski definition) is 1. The highest BCUT2D eigenvalue weighted by atomic mass is 16.4. The molecule has 3 aromatic carbocycles. The topological polar surface area (TPSA) is 50.4 Å². The molecule has 142 valence electrons. The van der Waals surface area contributed by atoms with Crippen molar-refractivity contribution in [3.8, 4) is 11.1 Å². The van der Waals surface area contributed by atoms with E-state index in [1.807, 2.05) is 54.8 Å². The van der Waals surface area contributed by atoms with E-state index in [4.69, 9.17) is 9.52 Å². The molecule has 4 aromatic rings. The summed E-state index contributed by atoms with van der Waals surface area (Å²) < 4.78 is 5.92. The lowest BCUT2D eigenvalue weighted by atomic mass is 10.0. The first-order valence-electron chi connectivity index (χ1n) is 9.43. The summed E-state index contributed by atoms with van der Waals surface area (Å²) in [5.41, 5.74) is 6.08. The molecule has 1 N–H and O–H groups in total. The molecule has 1 aromatic heterocycles. The molecule has 4 rings (SSSR count). The smallest absolute Gasteiger partial charge is 0.328 e. The van der Waals surface area contributed by atoms with Crippen molar-refractivity contribution in [1.82, 2.24) is 0 Å². The Bertz CT molecular complexity index is 1200. The van der Waals surface area contributed by atoms with Crippen LogP contribution in [0.2, 0.25) is 0 Å². The zero-order valence-electron chi connectivity index (χ0n) is 15.8. The van der Waals surface area contributed by atoms with E-state index in [0.717, 1.165) is 51.3 Å². The van der Waals surface area contributed by atoms with Crippen LogP contribution in [0.15, 0.2) is 95.6 Å². The SMILES string of the molecule is O=C(O)C=Cc1ccccc1C=CCc1cccc2c(-c3ccccc3)coc12. The van der Waals surface area contributed by atoms with E-state index in [-0.39, 0.29) is 0 Å². The third-order valence-electron chi connectivity index (χ3n) is 4.80.